The number of hydrogen-bond donors (Lipinski definition) is 4. The smallest absolute Gasteiger partial charge is 0.237 e. The zero-order valence-electron chi connectivity index (χ0n) is 13.1. The van der Waals surface area contributed by atoms with Crippen LogP contribution < -0.4 is 22.1 Å². The van der Waals surface area contributed by atoms with E-state index in [2.05, 4.69) is 10.6 Å². The Morgan fingerprint density at radius 2 is 1.10 bits per heavy atom. The van der Waals surface area contributed by atoms with Crippen LogP contribution in [0.3, 0.4) is 0 Å². The maximum absolute atomic E-state index is 11.6. The van der Waals surface area contributed by atoms with Crippen LogP contribution >= 0.6 is 0 Å². The SMILES string of the molecule is CC(C)[C@H](N)C(=O)NCCCCNC(=O)[C@@H](N)C(C)C. The first kappa shape index (κ1) is 18.9. The molecule has 2 amide bonds. The van der Waals surface area contributed by atoms with Gasteiger partial charge in [-0.05, 0) is 24.7 Å². The molecule has 0 aliphatic carbocycles. The fraction of sp³-hybridized carbons (Fsp3) is 0.857. The molecule has 0 rings (SSSR count). The standard InChI is InChI=1S/C14H30N4O2/c1-9(2)11(15)13(19)17-7-5-6-8-18-14(20)12(16)10(3)4/h9-12H,5-8,15-16H2,1-4H3,(H,17,19)(H,18,20)/t11-,12-/m0/s1. The van der Waals surface area contributed by atoms with E-state index in [4.69, 9.17) is 11.5 Å². The molecule has 0 unspecified atom stereocenters. The van der Waals surface area contributed by atoms with E-state index >= 15 is 0 Å². The van der Waals surface area contributed by atoms with Crippen molar-refractivity contribution in [3.8, 4) is 0 Å². The number of carbonyl (C=O) groups is 2. The predicted octanol–water partition coefficient (Wildman–Crippen LogP) is -0.0344. The summed E-state index contributed by atoms with van der Waals surface area (Å²) in [5.74, 6) is 0.0235. The predicted molar refractivity (Wildman–Crippen MR) is 80.9 cm³/mol. The van der Waals surface area contributed by atoms with Crippen LogP contribution in [0.15, 0.2) is 0 Å². The van der Waals surface area contributed by atoms with Gasteiger partial charge in [0.15, 0.2) is 0 Å². The van der Waals surface area contributed by atoms with E-state index in [1.807, 2.05) is 27.7 Å². The van der Waals surface area contributed by atoms with Crippen molar-refractivity contribution in [1.29, 1.82) is 0 Å². The lowest BCUT2D eigenvalue weighted by Crippen LogP contribution is -2.45. The summed E-state index contributed by atoms with van der Waals surface area (Å²) in [6.45, 7) is 8.81. The molecule has 0 fully saturated rings. The molecule has 6 nitrogen and oxygen atoms in total. The van der Waals surface area contributed by atoms with E-state index in [9.17, 15) is 9.59 Å². The van der Waals surface area contributed by atoms with Gasteiger partial charge in [0.2, 0.25) is 11.8 Å². The number of amides is 2. The highest BCUT2D eigenvalue weighted by atomic mass is 16.2. The fourth-order valence-electron chi connectivity index (χ4n) is 1.51. The van der Waals surface area contributed by atoms with Crippen LogP contribution in [-0.2, 0) is 9.59 Å². The molecule has 0 aromatic carbocycles. The van der Waals surface area contributed by atoms with E-state index in [-0.39, 0.29) is 23.7 Å². The molecule has 6 N–H and O–H groups in total. The molecule has 0 heterocycles. The molecule has 118 valence electrons. The molecule has 2 atom stereocenters. The van der Waals surface area contributed by atoms with Gasteiger partial charge >= 0.3 is 0 Å². The molecule has 0 aromatic heterocycles. The van der Waals surface area contributed by atoms with Crippen LogP contribution in [0.2, 0.25) is 0 Å². The Morgan fingerprint density at radius 1 is 0.800 bits per heavy atom. The van der Waals surface area contributed by atoms with Crippen LogP contribution in [0.25, 0.3) is 0 Å². The Morgan fingerprint density at radius 3 is 1.35 bits per heavy atom. The summed E-state index contributed by atoms with van der Waals surface area (Å²) in [7, 11) is 0. The second-order valence-electron chi connectivity index (χ2n) is 5.83. The zero-order valence-corrected chi connectivity index (χ0v) is 13.1. The molecule has 0 saturated heterocycles. The summed E-state index contributed by atoms with van der Waals surface area (Å²) in [6, 6.07) is -0.919. The van der Waals surface area contributed by atoms with Crippen molar-refractivity contribution in [3.05, 3.63) is 0 Å². The number of hydrogen-bond acceptors (Lipinski definition) is 4. The van der Waals surface area contributed by atoms with Gasteiger partial charge in [-0.2, -0.15) is 0 Å². The topological polar surface area (TPSA) is 110 Å². The lowest BCUT2D eigenvalue weighted by Gasteiger charge is -2.16. The van der Waals surface area contributed by atoms with Crippen LogP contribution in [0, 0.1) is 11.8 Å². The van der Waals surface area contributed by atoms with Crippen molar-refractivity contribution in [2.75, 3.05) is 13.1 Å². The van der Waals surface area contributed by atoms with Gasteiger partial charge in [-0.25, -0.2) is 0 Å². The average molecular weight is 286 g/mol. The first-order chi connectivity index (χ1) is 9.27. The summed E-state index contributed by atoms with van der Waals surface area (Å²) in [6.07, 6.45) is 1.60. The molecule has 0 aromatic rings. The van der Waals surface area contributed by atoms with Gasteiger partial charge in [0.1, 0.15) is 0 Å². The monoisotopic (exact) mass is 286 g/mol. The number of nitrogens with one attached hydrogen (secondary N) is 2. The first-order valence-electron chi connectivity index (χ1n) is 7.34. The maximum atomic E-state index is 11.6. The van der Waals surface area contributed by atoms with Gasteiger partial charge in [-0.1, -0.05) is 27.7 Å². The molecule has 6 heteroatoms. The van der Waals surface area contributed by atoms with Gasteiger partial charge in [0, 0.05) is 13.1 Å². The van der Waals surface area contributed by atoms with E-state index < -0.39 is 12.1 Å². The highest BCUT2D eigenvalue weighted by Gasteiger charge is 2.17. The van der Waals surface area contributed by atoms with Crippen molar-refractivity contribution >= 4 is 11.8 Å². The van der Waals surface area contributed by atoms with Crippen molar-refractivity contribution in [3.63, 3.8) is 0 Å². The van der Waals surface area contributed by atoms with Crippen LogP contribution in [0.4, 0.5) is 0 Å². The second kappa shape index (κ2) is 9.72. The van der Waals surface area contributed by atoms with Crippen LogP contribution in [-0.4, -0.2) is 37.0 Å². The minimum Gasteiger partial charge on any atom is -0.355 e. The van der Waals surface area contributed by atoms with Gasteiger partial charge < -0.3 is 22.1 Å². The van der Waals surface area contributed by atoms with Crippen molar-refractivity contribution in [2.24, 2.45) is 23.3 Å². The highest BCUT2D eigenvalue weighted by Crippen LogP contribution is 1.99. The van der Waals surface area contributed by atoms with Gasteiger partial charge in [0.05, 0.1) is 12.1 Å². The van der Waals surface area contributed by atoms with Crippen molar-refractivity contribution in [2.45, 2.75) is 52.6 Å². The number of rotatable bonds is 9. The molecular formula is C14H30N4O2. The Balaban J connectivity index is 3.64. The molecule has 0 aliphatic heterocycles. The summed E-state index contributed by atoms with van der Waals surface area (Å²) >= 11 is 0. The lowest BCUT2D eigenvalue weighted by molar-refractivity contribution is -0.124. The normalized spacial score (nSPS) is 14.2. The van der Waals surface area contributed by atoms with Gasteiger partial charge in [-0.3, -0.25) is 9.59 Å². The Bertz CT molecular complexity index is 276. The van der Waals surface area contributed by atoms with Crippen LogP contribution in [0.5, 0.6) is 0 Å². The van der Waals surface area contributed by atoms with E-state index in [1.54, 1.807) is 0 Å². The van der Waals surface area contributed by atoms with E-state index in [1.165, 1.54) is 0 Å². The van der Waals surface area contributed by atoms with E-state index in [0.717, 1.165) is 12.8 Å². The van der Waals surface area contributed by atoms with Crippen molar-refractivity contribution in [1.82, 2.24) is 10.6 Å². The third kappa shape index (κ3) is 7.45. The molecule has 0 aliphatic rings. The minimum atomic E-state index is -0.459. The largest absolute Gasteiger partial charge is 0.355 e. The maximum Gasteiger partial charge on any atom is 0.237 e. The number of nitrogens with two attached hydrogens (primary N) is 2. The Hall–Kier alpha value is -1.14. The Labute approximate surface area is 122 Å². The third-order valence-electron chi connectivity index (χ3n) is 3.24. The third-order valence-corrected chi connectivity index (χ3v) is 3.24. The number of unbranched alkanes of at least 4 members (excludes halogenated alkanes) is 1. The van der Waals surface area contributed by atoms with Gasteiger partial charge in [-0.15, -0.1) is 0 Å². The zero-order chi connectivity index (χ0) is 15.7. The molecular weight excluding hydrogens is 256 g/mol. The number of carbonyl (C=O) groups excluding carboxylic acids is 2. The summed E-state index contributed by atoms with van der Waals surface area (Å²) in [5, 5.41) is 5.58. The molecule has 20 heavy (non-hydrogen) atoms. The van der Waals surface area contributed by atoms with E-state index in [0.29, 0.717) is 13.1 Å². The Kier molecular flexibility index (Phi) is 9.16. The molecule has 0 saturated carbocycles. The summed E-state index contributed by atoms with van der Waals surface area (Å²) in [4.78, 5) is 23.1. The van der Waals surface area contributed by atoms with Crippen molar-refractivity contribution < 1.29 is 9.59 Å². The summed E-state index contributed by atoms with van der Waals surface area (Å²) < 4.78 is 0. The quantitative estimate of drug-likeness (QED) is 0.446. The lowest BCUT2D eigenvalue weighted by atomic mass is 10.0. The molecule has 0 spiro atoms. The fourth-order valence-corrected chi connectivity index (χ4v) is 1.51. The first-order valence-corrected chi connectivity index (χ1v) is 7.34. The average Bonchev–Trinajstić information content (AvgIpc) is 2.39. The molecule has 0 radical (unpaired) electrons. The minimum absolute atomic E-state index is 0.120. The molecule has 0 bridgehead atoms. The van der Waals surface area contributed by atoms with Gasteiger partial charge in [0.25, 0.3) is 0 Å². The summed E-state index contributed by atoms with van der Waals surface area (Å²) in [5.41, 5.74) is 11.4. The van der Waals surface area contributed by atoms with Crippen LogP contribution in [0.1, 0.15) is 40.5 Å². The highest BCUT2D eigenvalue weighted by molar-refractivity contribution is 5.82. The second-order valence-corrected chi connectivity index (χ2v) is 5.83.